The van der Waals surface area contributed by atoms with Crippen LogP contribution in [0.25, 0.3) is 10.8 Å². The van der Waals surface area contributed by atoms with Crippen LogP contribution in [0.5, 0.6) is 17.2 Å². The minimum atomic E-state index is -0.394. The van der Waals surface area contributed by atoms with Gasteiger partial charge >= 0.3 is 0 Å². The fourth-order valence-electron chi connectivity index (χ4n) is 4.75. The molecular formula is C30H26N2O6. The van der Waals surface area contributed by atoms with Crippen molar-refractivity contribution in [3.63, 3.8) is 0 Å². The number of ether oxygens (including phenoxy) is 3. The molecule has 0 unspecified atom stereocenters. The third-order valence-electron chi connectivity index (χ3n) is 6.62. The number of imide groups is 1. The first-order chi connectivity index (χ1) is 18.5. The number of benzene rings is 4. The first kappa shape index (κ1) is 24.8. The van der Waals surface area contributed by atoms with Crippen molar-refractivity contribution >= 4 is 34.2 Å². The minimum Gasteiger partial charge on any atom is -0.497 e. The van der Waals surface area contributed by atoms with E-state index in [2.05, 4.69) is 0 Å². The fraction of sp³-hybridized carbons (Fsp3) is 0.167. The molecule has 1 aliphatic heterocycles. The van der Waals surface area contributed by atoms with Crippen LogP contribution in [0.3, 0.4) is 0 Å². The molecule has 0 fully saturated rings. The van der Waals surface area contributed by atoms with Gasteiger partial charge in [0.15, 0.2) is 0 Å². The molecule has 1 heterocycles. The van der Waals surface area contributed by atoms with Crippen molar-refractivity contribution in [2.75, 3.05) is 39.3 Å². The zero-order valence-electron chi connectivity index (χ0n) is 21.3. The molecule has 0 aromatic heterocycles. The lowest BCUT2D eigenvalue weighted by Crippen LogP contribution is -2.46. The molecule has 38 heavy (non-hydrogen) atoms. The summed E-state index contributed by atoms with van der Waals surface area (Å²) in [6.07, 6.45) is 0. The van der Waals surface area contributed by atoms with Crippen LogP contribution in [0.4, 0.5) is 5.69 Å². The van der Waals surface area contributed by atoms with E-state index >= 15 is 0 Å². The van der Waals surface area contributed by atoms with Crippen molar-refractivity contribution in [1.82, 2.24) is 4.90 Å². The molecule has 0 saturated heterocycles. The van der Waals surface area contributed by atoms with Gasteiger partial charge in [0.2, 0.25) is 0 Å². The molecule has 0 saturated carbocycles. The van der Waals surface area contributed by atoms with E-state index in [-0.39, 0.29) is 19.0 Å². The molecule has 4 aromatic rings. The molecule has 0 bridgehead atoms. The SMILES string of the molecule is COc1cc(OC)cc(C(=O)N(CCN2C(=O)c3cccc4cccc(c34)C2=O)c2ccccc2OC)c1. The number of amides is 3. The molecule has 0 spiro atoms. The number of nitrogens with zero attached hydrogens (tertiary/aromatic N) is 2. The predicted molar refractivity (Wildman–Crippen MR) is 144 cm³/mol. The molecule has 5 rings (SSSR count). The fourth-order valence-corrected chi connectivity index (χ4v) is 4.75. The van der Waals surface area contributed by atoms with Crippen molar-refractivity contribution in [2.45, 2.75) is 0 Å². The van der Waals surface area contributed by atoms with Gasteiger partial charge in [0.1, 0.15) is 17.2 Å². The van der Waals surface area contributed by atoms with Crippen LogP contribution < -0.4 is 19.1 Å². The van der Waals surface area contributed by atoms with Gasteiger partial charge in [-0.25, -0.2) is 0 Å². The highest BCUT2D eigenvalue weighted by molar-refractivity contribution is 6.25. The molecule has 192 valence electrons. The van der Waals surface area contributed by atoms with Gasteiger partial charge in [0.25, 0.3) is 17.7 Å². The highest BCUT2D eigenvalue weighted by Crippen LogP contribution is 2.33. The normalized spacial score (nSPS) is 12.4. The highest BCUT2D eigenvalue weighted by Gasteiger charge is 2.33. The predicted octanol–water partition coefficient (Wildman–Crippen LogP) is 4.81. The monoisotopic (exact) mass is 510 g/mol. The Hall–Kier alpha value is -4.85. The molecule has 3 amide bonds. The molecule has 4 aromatic carbocycles. The number of methoxy groups -OCH3 is 3. The van der Waals surface area contributed by atoms with Crippen LogP contribution in [0.15, 0.2) is 78.9 Å². The lowest BCUT2D eigenvalue weighted by atomic mass is 9.94. The van der Waals surface area contributed by atoms with Gasteiger partial charge in [0.05, 0.1) is 27.0 Å². The summed E-state index contributed by atoms with van der Waals surface area (Å²) in [6.45, 7) is 0.0155. The molecule has 8 heteroatoms. The van der Waals surface area contributed by atoms with Crippen LogP contribution in [0, 0.1) is 0 Å². The Balaban J connectivity index is 1.52. The molecule has 0 radical (unpaired) electrons. The van der Waals surface area contributed by atoms with Gasteiger partial charge in [0, 0.05) is 41.2 Å². The van der Waals surface area contributed by atoms with Crippen molar-refractivity contribution in [2.24, 2.45) is 0 Å². The second-order valence-corrected chi connectivity index (χ2v) is 8.70. The Morgan fingerprint density at radius 1 is 0.763 bits per heavy atom. The minimum absolute atomic E-state index is 0.0206. The van der Waals surface area contributed by atoms with E-state index in [4.69, 9.17) is 14.2 Å². The van der Waals surface area contributed by atoms with E-state index in [1.54, 1.807) is 66.7 Å². The second kappa shape index (κ2) is 10.3. The average molecular weight is 511 g/mol. The van der Waals surface area contributed by atoms with Crippen LogP contribution in [-0.4, -0.2) is 57.0 Å². The maximum Gasteiger partial charge on any atom is 0.261 e. The van der Waals surface area contributed by atoms with Crippen LogP contribution in [-0.2, 0) is 0 Å². The summed E-state index contributed by atoms with van der Waals surface area (Å²) in [5.74, 6) is 0.232. The third kappa shape index (κ3) is 4.30. The topological polar surface area (TPSA) is 85.4 Å². The van der Waals surface area contributed by atoms with Gasteiger partial charge in [-0.3, -0.25) is 19.3 Å². The first-order valence-electron chi connectivity index (χ1n) is 12.0. The third-order valence-corrected chi connectivity index (χ3v) is 6.62. The van der Waals surface area contributed by atoms with Crippen molar-refractivity contribution in [3.05, 3.63) is 95.6 Å². The summed E-state index contributed by atoms with van der Waals surface area (Å²) in [4.78, 5) is 43.5. The summed E-state index contributed by atoms with van der Waals surface area (Å²) >= 11 is 0. The summed E-state index contributed by atoms with van der Waals surface area (Å²) in [6, 6.07) is 22.8. The van der Waals surface area contributed by atoms with Crippen molar-refractivity contribution in [3.8, 4) is 17.2 Å². The number of hydrogen-bond acceptors (Lipinski definition) is 6. The molecule has 0 atom stereocenters. The van der Waals surface area contributed by atoms with E-state index in [0.29, 0.717) is 45.0 Å². The van der Waals surface area contributed by atoms with E-state index in [1.165, 1.54) is 31.1 Å². The van der Waals surface area contributed by atoms with Gasteiger partial charge in [-0.2, -0.15) is 0 Å². The number of carbonyl (C=O) groups excluding carboxylic acids is 3. The molecule has 0 aliphatic carbocycles. The Morgan fingerprint density at radius 3 is 1.95 bits per heavy atom. The first-order valence-corrected chi connectivity index (χ1v) is 12.0. The van der Waals surface area contributed by atoms with Gasteiger partial charge in [-0.05, 0) is 41.8 Å². The standard InChI is InChI=1S/C30H26N2O6/c1-36-21-16-20(17-22(18-21)37-2)28(33)31(25-12-4-5-13-26(25)38-3)14-15-32-29(34)23-10-6-8-19-9-7-11-24(27(19)23)30(32)35/h4-13,16-18H,14-15H2,1-3H3. The smallest absolute Gasteiger partial charge is 0.261 e. The highest BCUT2D eigenvalue weighted by atomic mass is 16.5. The van der Waals surface area contributed by atoms with Gasteiger partial charge in [-0.15, -0.1) is 0 Å². The summed E-state index contributed by atoms with van der Waals surface area (Å²) in [7, 11) is 4.53. The number of rotatable bonds is 8. The zero-order chi connectivity index (χ0) is 26.8. The maximum atomic E-state index is 13.9. The summed E-state index contributed by atoms with van der Waals surface area (Å²) in [5, 5.41) is 1.49. The van der Waals surface area contributed by atoms with Crippen molar-refractivity contribution in [1.29, 1.82) is 0 Å². The molecule has 8 nitrogen and oxygen atoms in total. The number of carbonyl (C=O) groups is 3. The lowest BCUT2D eigenvalue weighted by Gasteiger charge is -2.30. The lowest BCUT2D eigenvalue weighted by molar-refractivity contribution is 0.0611. The molecule has 1 aliphatic rings. The van der Waals surface area contributed by atoms with Crippen molar-refractivity contribution < 1.29 is 28.6 Å². The Labute approximate surface area is 219 Å². The zero-order valence-corrected chi connectivity index (χ0v) is 21.3. The molecule has 0 N–H and O–H groups in total. The Bertz CT molecular complexity index is 1490. The van der Waals surface area contributed by atoms with Gasteiger partial charge < -0.3 is 19.1 Å². The number of para-hydroxylation sites is 2. The molecular weight excluding hydrogens is 484 g/mol. The van der Waals surface area contributed by atoms with Crippen LogP contribution in [0.1, 0.15) is 31.1 Å². The largest absolute Gasteiger partial charge is 0.497 e. The Kier molecular flexibility index (Phi) is 6.70. The number of hydrogen-bond donors (Lipinski definition) is 0. The van der Waals surface area contributed by atoms with Gasteiger partial charge in [-0.1, -0.05) is 36.4 Å². The summed E-state index contributed by atoms with van der Waals surface area (Å²) in [5.41, 5.74) is 1.75. The maximum absolute atomic E-state index is 13.9. The average Bonchev–Trinajstić information content (AvgIpc) is 2.97. The summed E-state index contributed by atoms with van der Waals surface area (Å²) < 4.78 is 16.2. The van der Waals surface area contributed by atoms with E-state index in [1.807, 2.05) is 12.1 Å². The van der Waals surface area contributed by atoms with E-state index in [0.717, 1.165) is 5.39 Å². The quantitative estimate of drug-likeness (QED) is 0.316. The second-order valence-electron chi connectivity index (χ2n) is 8.70. The van der Waals surface area contributed by atoms with E-state index in [9.17, 15) is 14.4 Å². The van der Waals surface area contributed by atoms with E-state index < -0.39 is 11.8 Å². The Morgan fingerprint density at radius 2 is 1.37 bits per heavy atom. The van der Waals surface area contributed by atoms with Crippen LogP contribution in [0.2, 0.25) is 0 Å². The number of anilines is 1. The van der Waals surface area contributed by atoms with Crippen LogP contribution >= 0.6 is 0 Å².